The van der Waals surface area contributed by atoms with E-state index in [0.717, 1.165) is 19.3 Å². The van der Waals surface area contributed by atoms with Crippen LogP contribution in [0.15, 0.2) is 25.3 Å². The molecule has 0 heterocycles. The van der Waals surface area contributed by atoms with Crippen LogP contribution >= 0.6 is 0 Å². The van der Waals surface area contributed by atoms with E-state index in [1.54, 1.807) is 0 Å². The molecule has 0 radical (unpaired) electrons. The maximum absolute atomic E-state index is 11.1. The van der Waals surface area contributed by atoms with E-state index in [1.807, 2.05) is 0 Å². The Morgan fingerprint density at radius 3 is 1.80 bits per heavy atom. The lowest BCUT2D eigenvalue weighted by atomic mass is 10.4. The van der Waals surface area contributed by atoms with E-state index in [-0.39, 0.29) is 0 Å². The molecule has 0 aliphatic rings. The molecule has 6 heteroatoms. The predicted octanol–water partition coefficient (Wildman–Crippen LogP) is -0.910. The fourth-order valence-corrected chi connectivity index (χ4v) is 0.674. The number of rotatable bonds is 5. The standard InChI is InChI=1S/C9H12N2O4/c1-4-6(12)10-8(9(14)15-3)11-7(13)5-2/h4-5,8H,1-2H2,3H3,(H,10,12)(H,11,13). The van der Waals surface area contributed by atoms with Crippen LogP contribution < -0.4 is 10.6 Å². The molecule has 0 aromatic heterocycles. The molecule has 0 rings (SSSR count). The first-order chi connectivity index (χ1) is 7.04. The zero-order valence-corrected chi connectivity index (χ0v) is 8.28. The highest BCUT2D eigenvalue weighted by atomic mass is 16.5. The summed E-state index contributed by atoms with van der Waals surface area (Å²) in [5.74, 6) is -2.00. The highest BCUT2D eigenvalue weighted by Crippen LogP contribution is 1.85. The van der Waals surface area contributed by atoms with Gasteiger partial charge in [0.2, 0.25) is 18.0 Å². The van der Waals surface area contributed by atoms with Crippen molar-refractivity contribution >= 4 is 17.8 Å². The van der Waals surface area contributed by atoms with Gasteiger partial charge in [0.25, 0.3) is 0 Å². The Balaban J connectivity index is 4.50. The highest BCUT2D eigenvalue weighted by Gasteiger charge is 2.21. The topological polar surface area (TPSA) is 84.5 Å². The van der Waals surface area contributed by atoms with Gasteiger partial charge in [0, 0.05) is 0 Å². The van der Waals surface area contributed by atoms with E-state index in [0.29, 0.717) is 0 Å². The number of ether oxygens (including phenoxy) is 1. The minimum absolute atomic E-state index is 0.602. The van der Waals surface area contributed by atoms with Crippen LogP contribution in [0.2, 0.25) is 0 Å². The number of carbonyl (C=O) groups excluding carboxylic acids is 3. The molecule has 0 aliphatic carbocycles. The number of hydrogen-bond acceptors (Lipinski definition) is 4. The number of esters is 1. The molecule has 15 heavy (non-hydrogen) atoms. The van der Waals surface area contributed by atoms with Gasteiger partial charge in [-0.25, -0.2) is 4.79 Å². The lowest BCUT2D eigenvalue weighted by Crippen LogP contribution is -2.52. The molecule has 0 spiro atoms. The van der Waals surface area contributed by atoms with Crippen LogP contribution in [-0.2, 0) is 19.1 Å². The predicted molar refractivity (Wildman–Crippen MR) is 52.5 cm³/mol. The van der Waals surface area contributed by atoms with Crippen LogP contribution in [0.25, 0.3) is 0 Å². The van der Waals surface area contributed by atoms with Gasteiger partial charge in [-0.2, -0.15) is 0 Å². The fourth-order valence-electron chi connectivity index (χ4n) is 0.674. The van der Waals surface area contributed by atoms with Crippen molar-refractivity contribution in [1.29, 1.82) is 0 Å². The van der Waals surface area contributed by atoms with E-state index >= 15 is 0 Å². The summed E-state index contributed by atoms with van der Waals surface area (Å²) < 4.78 is 4.37. The normalized spacial score (nSPS) is 8.93. The van der Waals surface area contributed by atoms with Crippen LogP contribution in [0.1, 0.15) is 0 Å². The van der Waals surface area contributed by atoms with Crippen LogP contribution in [0.5, 0.6) is 0 Å². The Bertz CT molecular complexity index is 276. The number of carbonyl (C=O) groups is 3. The van der Waals surface area contributed by atoms with Gasteiger partial charge in [0.15, 0.2) is 0 Å². The fraction of sp³-hybridized carbons (Fsp3) is 0.222. The Kier molecular flexibility index (Phi) is 5.47. The molecule has 0 aromatic carbocycles. The van der Waals surface area contributed by atoms with E-state index in [2.05, 4.69) is 28.5 Å². The average molecular weight is 212 g/mol. The first-order valence-corrected chi connectivity index (χ1v) is 3.98. The molecule has 0 saturated heterocycles. The summed E-state index contributed by atoms with van der Waals surface area (Å²) in [5, 5.41) is 4.34. The number of methoxy groups -OCH3 is 1. The second kappa shape index (κ2) is 6.36. The molecule has 2 amide bonds. The number of hydrogen-bond donors (Lipinski definition) is 2. The van der Waals surface area contributed by atoms with Crippen molar-refractivity contribution in [2.75, 3.05) is 7.11 Å². The Morgan fingerprint density at radius 1 is 1.13 bits per heavy atom. The molecule has 0 bridgehead atoms. The third kappa shape index (κ3) is 4.61. The number of amides is 2. The lowest BCUT2D eigenvalue weighted by molar-refractivity contribution is -0.147. The van der Waals surface area contributed by atoms with Crippen molar-refractivity contribution in [3.8, 4) is 0 Å². The van der Waals surface area contributed by atoms with Crippen LogP contribution in [0.3, 0.4) is 0 Å². The van der Waals surface area contributed by atoms with E-state index < -0.39 is 23.9 Å². The van der Waals surface area contributed by atoms with Crippen molar-refractivity contribution < 1.29 is 19.1 Å². The van der Waals surface area contributed by atoms with Crippen molar-refractivity contribution in [3.05, 3.63) is 25.3 Å². The van der Waals surface area contributed by atoms with Gasteiger partial charge in [0.05, 0.1) is 7.11 Å². The third-order valence-electron chi connectivity index (χ3n) is 1.38. The summed E-state index contributed by atoms with van der Waals surface area (Å²) in [6, 6.07) is 0. The molecule has 0 aromatic rings. The van der Waals surface area contributed by atoms with E-state index in [4.69, 9.17) is 0 Å². The first kappa shape index (κ1) is 12.9. The van der Waals surface area contributed by atoms with Gasteiger partial charge in [-0.05, 0) is 12.2 Å². The Labute approximate surface area is 87.0 Å². The van der Waals surface area contributed by atoms with Gasteiger partial charge in [-0.15, -0.1) is 0 Å². The summed E-state index contributed by atoms with van der Waals surface area (Å²) in [4.78, 5) is 32.9. The lowest BCUT2D eigenvalue weighted by Gasteiger charge is -2.15. The molecule has 82 valence electrons. The van der Waals surface area contributed by atoms with E-state index in [9.17, 15) is 14.4 Å². The smallest absolute Gasteiger partial charge is 0.349 e. The summed E-state index contributed by atoms with van der Waals surface area (Å²) >= 11 is 0. The zero-order chi connectivity index (χ0) is 11.8. The molecule has 0 saturated carbocycles. The summed E-state index contributed by atoms with van der Waals surface area (Å²) in [5.41, 5.74) is 0. The van der Waals surface area contributed by atoms with Crippen LogP contribution in [0.4, 0.5) is 0 Å². The summed E-state index contributed by atoms with van der Waals surface area (Å²) in [7, 11) is 1.13. The third-order valence-corrected chi connectivity index (χ3v) is 1.38. The largest absolute Gasteiger partial charge is 0.466 e. The number of nitrogens with one attached hydrogen (secondary N) is 2. The van der Waals surface area contributed by atoms with Crippen LogP contribution in [-0.4, -0.2) is 31.1 Å². The maximum atomic E-state index is 11.1. The second-order valence-corrected chi connectivity index (χ2v) is 2.38. The van der Waals surface area contributed by atoms with Gasteiger partial charge < -0.3 is 15.4 Å². The van der Waals surface area contributed by atoms with Crippen molar-refractivity contribution in [2.45, 2.75) is 6.17 Å². The van der Waals surface area contributed by atoms with Gasteiger partial charge in [-0.1, -0.05) is 13.2 Å². The SMILES string of the molecule is C=CC(=O)NC(NC(=O)C=C)C(=O)OC. The van der Waals surface area contributed by atoms with Gasteiger partial charge in [0.1, 0.15) is 0 Å². The molecule has 0 unspecified atom stereocenters. The highest BCUT2D eigenvalue weighted by molar-refractivity contribution is 5.94. The summed E-state index contributed by atoms with van der Waals surface area (Å²) in [6.45, 7) is 6.40. The molecule has 2 N–H and O–H groups in total. The Morgan fingerprint density at radius 2 is 1.53 bits per heavy atom. The van der Waals surface area contributed by atoms with Gasteiger partial charge in [-0.3, -0.25) is 9.59 Å². The molecular weight excluding hydrogens is 200 g/mol. The zero-order valence-electron chi connectivity index (χ0n) is 8.28. The monoisotopic (exact) mass is 212 g/mol. The molecule has 0 atom stereocenters. The molecule has 6 nitrogen and oxygen atoms in total. The molecule has 0 fully saturated rings. The minimum atomic E-state index is -1.24. The van der Waals surface area contributed by atoms with Crippen molar-refractivity contribution in [3.63, 3.8) is 0 Å². The van der Waals surface area contributed by atoms with Crippen molar-refractivity contribution in [1.82, 2.24) is 10.6 Å². The quantitative estimate of drug-likeness (QED) is 0.351. The van der Waals surface area contributed by atoms with E-state index in [1.165, 1.54) is 0 Å². The average Bonchev–Trinajstić information content (AvgIpc) is 2.26. The minimum Gasteiger partial charge on any atom is -0.466 e. The Hall–Kier alpha value is -2.11. The molecular formula is C9H12N2O4. The molecule has 0 aliphatic heterocycles. The first-order valence-electron chi connectivity index (χ1n) is 3.98. The second-order valence-electron chi connectivity index (χ2n) is 2.38. The van der Waals surface area contributed by atoms with Crippen molar-refractivity contribution in [2.24, 2.45) is 0 Å². The maximum Gasteiger partial charge on any atom is 0.349 e. The van der Waals surface area contributed by atoms with Crippen LogP contribution in [0, 0.1) is 0 Å². The summed E-state index contributed by atoms with van der Waals surface area (Å²) in [6.07, 6.45) is 0.692. The van der Waals surface area contributed by atoms with Gasteiger partial charge >= 0.3 is 5.97 Å².